The van der Waals surface area contributed by atoms with E-state index in [2.05, 4.69) is 50.5 Å². The zero-order chi connectivity index (χ0) is 17.7. The largest absolute Gasteiger partial charge is 4.00 e. The van der Waals surface area contributed by atoms with Gasteiger partial charge >= 0.3 is 21.7 Å². The van der Waals surface area contributed by atoms with Crippen molar-refractivity contribution >= 4 is 27.0 Å². The second-order valence-electron chi connectivity index (χ2n) is 9.04. The summed E-state index contributed by atoms with van der Waals surface area (Å²) in [5, 5.41) is 3.17. The van der Waals surface area contributed by atoms with Gasteiger partial charge in [-0.15, -0.1) is 10.4 Å². The minimum Gasteiger partial charge on any atom is -1.00 e. The van der Waals surface area contributed by atoms with Crippen LogP contribution in [0, 0.1) is 0 Å². The van der Waals surface area contributed by atoms with Crippen LogP contribution in [0.4, 0.5) is 0 Å². The van der Waals surface area contributed by atoms with Crippen LogP contribution in [0.3, 0.4) is 0 Å². The van der Waals surface area contributed by atoms with Crippen LogP contribution in [-0.2, 0) is 51.5 Å². The van der Waals surface area contributed by atoms with Crippen molar-refractivity contribution < 1.29 is 50.6 Å². The Morgan fingerprint density at radius 3 is 1.43 bits per heavy atom. The van der Waals surface area contributed by atoms with E-state index in [0.717, 1.165) is 0 Å². The van der Waals surface area contributed by atoms with Gasteiger partial charge in [0.05, 0.1) is 0 Å². The molecule has 0 aliphatic heterocycles. The monoisotopic (exact) mass is 486 g/mol. The third-order valence-electron chi connectivity index (χ3n) is 6.38. The van der Waals surface area contributed by atoms with Crippen molar-refractivity contribution in [1.29, 1.82) is 0 Å². The van der Waals surface area contributed by atoms with Crippen LogP contribution in [0.2, 0.25) is 26.2 Å². The van der Waals surface area contributed by atoms with Crippen LogP contribution in [0.1, 0.15) is 47.9 Å². The predicted octanol–water partition coefficient (Wildman–Crippen LogP) is -1.57. The summed E-state index contributed by atoms with van der Waals surface area (Å²) in [6.07, 6.45) is 10.5. The van der Waals surface area contributed by atoms with E-state index in [0.29, 0.717) is 0 Å². The summed E-state index contributed by atoms with van der Waals surface area (Å²) in [5.41, 5.74) is 6.51. The Morgan fingerprint density at radius 1 is 0.679 bits per heavy atom. The number of aryl methyl sites for hydroxylation is 2. The Balaban J connectivity index is 0.00000131. The Hall–Kier alpha value is 0.388. The smallest absolute Gasteiger partial charge is 1.00 e. The average molecular weight is 487 g/mol. The van der Waals surface area contributed by atoms with Crippen LogP contribution in [0.5, 0.6) is 0 Å². The molecule has 2 aromatic rings. The first kappa shape index (κ1) is 26.4. The number of hydrogen-bond acceptors (Lipinski definition) is 1. The fraction of sp³-hybridized carbons (Fsp3) is 0.545. The Labute approximate surface area is 200 Å². The molecule has 28 heavy (non-hydrogen) atoms. The van der Waals surface area contributed by atoms with Gasteiger partial charge in [0.15, 0.2) is 0 Å². The Bertz CT molecular complexity index is 715. The molecule has 0 amide bonds. The van der Waals surface area contributed by atoms with Gasteiger partial charge in [0.2, 0.25) is 0 Å². The van der Waals surface area contributed by atoms with Crippen molar-refractivity contribution in [1.82, 2.24) is 0 Å². The maximum atomic E-state index is 7.12. The summed E-state index contributed by atoms with van der Waals surface area (Å²) < 4.78 is 7.12. The third-order valence-corrected chi connectivity index (χ3v) is 14.0. The van der Waals surface area contributed by atoms with Gasteiger partial charge in [-0.1, -0.05) is 77.6 Å². The molecular formula is C22H32Cl2OSi2Ti. The first-order valence-electron chi connectivity index (χ1n) is 10.1. The summed E-state index contributed by atoms with van der Waals surface area (Å²) >= 11 is 0. The van der Waals surface area contributed by atoms with E-state index in [1.807, 2.05) is 0 Å². The summed E-state index contributed by atoms with van der Waals surface area (Å²) in [4.78, 5) is 0. The molecule has 0 saturated heterocycles. The standard InChI is InChI=1S/C22H32OSi2.2ClH.Ti/c1-24(2,21-15-13-17-9-5-7-11-19(17)21)23-25(3,4)22-16-14-18-10-6-8-12-20(18)22;;;/h13-16H,5-12H2,1-4H3;2*1H;/q-2;;;+4/p-2. The van der Waals surface area contributed by atoms with Gasteiger partial charge in [-0.2, -0.15) is 34.4 Å². The molecule has 0 atom stereocenters. The number of hydrogen-bond donors (Lipinski definition) is 0. The maximum Gasteiger partial charge on any atom is 4.00 e. The topological polar surface area (TPSA) is 9.23 Å². The van der Waals surface area contributed by atoms with E-state index >= 15 is 0 Å². The third kappa shape index (κ3) is 4.99. The zero-order valence-corrected chi connectivity index (χ0v) is 22.7. The van der Waals surface area contributed by atoms with Gasteiger partial charge in [0.25, 0.3) is 0 Å². The van der Waals surface area contributed by atoms with Gasteiger partial charge in [-0.25, -0.2) is 12.1 Å². The van der Waals surface area contributed by atoms with Crippen molar-refractivity contribution in [2.24, 2.45) is 0 Å². The van der Waals surface area contributed by atoms with Gasteiger partial charge in [0, 0.05) is 0 Å². The summed E-state index contributed by atoms with van der Waals surface area (Å²) in [6.45, 7) is 9.73. The minimum atomic E-state index is -1.88. The molecule has 0 bridgehead atoms. The van der Waals surface area contributed by atoms with Gasteiger partial charge in [-0.05, 0) is 0 Å². The second kappa shape index (κ2) is 10.1. The first-order chi connectivity index (χ1) is 11.9. The predicted molar refractivity (Wildman–Crippen MR) is 113 cm³/mol. The van der Waals surface area contributed by atoms with Gasteiger partial charge < -0.3 is 28.9 Å². The Kier molecular flexibility index (Phi) is 9.56. The Morgan fingerprint density at radius 2 is 1.04 bits per heavy atom. The van der Waals surface area contributed by atoms with Crippen LogP contribution >= 0.6 is 0 Å². The van der Waals surface area contributed by atoms with Crippen LogP contribution in [-0.4, -0.2) is 16.6 Å². The van der Waals surface area contributed by atoms with Crippen LogP contribution in [0.15, 0.2) is 24.3 Å². The molecule has 0 saturated carbocycles. The van der Waals surface area contributed by atoms with E-state index < -0.39 is 16.6 Å². The summed E-state index contributed by atoms with van der Waals surface area (Å²) in [5.74, 6) is 0. The van der Waals surface area contributed by atoms with Crippen molar-refractivity contribution in [2.75, 3.05) is 0 Å². The zero-order valence-electron chi connectivity index (χ0n) is 17.6. The number of halogens is 2. The molecule has 1 nitrogen and oxygen atoms in total. The van der Waals surface area contributed by atoms with E-state index in [1.54, 1.807) is 32.6 Å². The summed E-state index contributed by atoms with van der Waals surface area (Å²) in [6, 6.07) is 9.60. The fourth-order valence-corrected chi connectivity index (χ4v) is 14.3. The molecule has 0 unspecified atom stereocenters. The maximum absolute atomic E-state index is 7.12. The van der Waals surface area contributed by atoms with Crippen molar-refractivity contribution in [3.8, 4) is 0 Å². The quantitative estimate of drug-likeness (QED) is 0.374. The average Bonchev–Trinajstić information content (AvgIpc) is 3.18. The summed E-state index contributed by atoms with van der Waals surface area (Å²) in [7, 11) is -3.76. The van der Waals surface area contributed by atoms with Gasteiger partial charge in [0.1, 0.15) is 16.6 Å². The molecule has 6 heteroatoms. The van der Waals surface area contributed by atoms with E-state index in [4.69, 9.17) is 4.12 Å². The molecule has 4 rings (SSSR count). The normalized spacial score (nSPS) is 16.1. The molecule has 2 aromatic carbocycles. The molecule has 0 fully saturated rings. The SMILES string of the molecule is C[Si](C)(O[Si](C)(C)[c-]1ccc2c1CCCC2)[c-]1ccc2c1CCCC2.[Cl-].[Cl-].[Ti+4]. The molecule has 0 spiro atoms. The molecule has 2 aliphatic rings. The van der Waals surface area contributed by atoms with Crippen LogP contribution in [0.25, 0.3) is 0 Å². The molecule has 0 aromatic heterocycles. The van der Waals surface area contributed by atoms with E-state index in [-0.39, 0.29) is 46.5 Å². The first-order valence-corrected chi connectivity index (χ1v) is 16.0. The molecule has 152 valence electrons. The molecular weight excluding hydrogens is 455 g/mol. The van der Waals surface area contributed by atoms with Crippen molar-refractivity contribution in [3.63, 3.8) is 0 Å². The molecule has 2 aliphatic carbocycles. The minimum absolute atomic E-state index is 0. The van der Waals surface area contributed by atoms with Gasteiger partial charge in [-0.3, -0.25) is 0 Å². The number of fused-ring (bicyclic) bond motifs is 2. The van der Waals surface area contributed by atoms with Crippen molar-refractivity contribution in [2.45, 2.75) is 77.6 Å². The fourth-order valence-electron chi connectivity index (χ4n) is 5.29. The van der Waals surface area contributed by atoms with Crippen LogP contribution < -0.4 is 35.2 Å². The molecule has 0 radical (unpaired) electrons. The van der Waals surface area contributed by atoms with E-state index in [9.17, 15) is 0 Å². The van der Waals surface area contributed by atoms with E-state index in [1.165, 1.54) is 51.4 Å². The molecule has 0 heterocycles. The number of rotatable bonds is 4. The molecule has 0 N–H and O–H groups in total. The second-order valence-corrected chi connectivity index (χ2v) is 17.0. The van der Waals surface area contributed by atoms with Crippen molar-refractivity contribution in [3.05, 3.63) is 46.5 Å².